The number of amides is 2. The molecule has 0 bridgehead atoms. The number of carboxylic acids is 2. The first-order valence-corrected chi connectivity index (χ1v) is 12.8. The minimum absolute atomic E-state index is 0.0339. The molecule has 1 atom stereocenters. The number of nitrogens with zero attached hydrogens (tertiary/aromatic N) is 2. The van der Waals surface area contributed by atoms with Gasteiger partial charge in [0.2, 0.25) is 0 Å². The van der Waals surface area contributed by atoms with Crippen LogP contribution in [0.4, 0.5) is 19.0 Å². The van der Waals surface area contributed by atoms with E-state index in [-0.39, 0.29) is 31.3 Å². The van der Waals surface area contributed by atoms with Gasteiger partial charge in [0.25, 0.3) is 11.8 Å². The fourth-order valence-corrected chi connectivity index (χ4v) is 4.09. The molecule has 14 heteroatoms. The molecule has 0 aliphatic carbocycles. The maximum absolute atomic E-state index is 12.8. The summed E-state index contributed by atoms with van der Waals surface area (Å²) in [5.74, 6) is -3.19. The van der Waals surface area contributed by atoms with E-state index in [9.17, 15) is 27.6 Å². The van der Waals surface area contributed by atoms with Gasteiger partial charge in [-0.05, 0) is 67.1 Å². The molecule has 224 valence electrons. The zero-order chi connectivity index (χ0) is 30.9. The third kappa shape index (κ3) is 9.08. The van der Waals surface area contributed by atoms with Gasteiger partial charge in [-0.15, -0.1) is 0 Å². The Morgan fingerprint density at radius 2 is 1.62 bits per heavy atom. The molecule has 1 aliphatic heterocycles. The summed E-state index contributed by atoms with van der Waals surface area (Å²) in [7, 11) is 0. The van der Waals surface area contributed by atoms with Gasteiger partial charge in [0.15, 0.2) is 0 Å². The van der Waals surface area contributed by atoms with E-state index < -0.39 is 24.2 Å². The summed E-state index contributed by atoms with van der Waals surface area (Å²) in [5, 5.41) is 20.8. The molecule has 2 aromatic carbocycles. The number of nitrogens with two attached hydrogens (primary N) is 1. The minimum Gasteiger partial charge on any atom is -0.491 e. The van der Waals surface area contributed by atoms with Crippen molar-refractivity contribution in [1.82, 2.24) is 15.2 Å². The van der Waals surface area contributed by atoms with Crippen molar-refractivity contribution in [2.24, 2.45) is 0 Å². The first-order valence-electron chi connectivity index (χ1n) is 12.8. The summed E-state index contributed by atoms with van der Waals surface area (Å²) in [6, 6.07) is 13.2. The van der Waals surface area contributed by atoms with E-state index in [2.05, 4.69) is 10.3 Å². The number of carbonyl (C=O) groups excluding carboxylic acids is 2. The normalized spacial score (nSPS) is 13.5. The average Bonchev–Trinajstić information content (AvgIpc) is 3.49. The molecule has 4 rings (SSSR count). The average molecular weight is 591 g/mol. The number of likely N-dealkylation sites (tertiary alicyclic amines) is 1. The standard InChI is InChI=1S/C26H28N4O5.C2HF3O2/c27-24-22-15-21(9-7-17(22)11-12-28-24)35-16-20(8-10-23(31)32)29-25(33)18-3-5-19(6-4-18)26(34)30-13-1-2-14-30;3-2(4,5)1(6)7/h3-7,9,11-12,15,20H,1-2,8,10,13-14,16H2,(H2,27,28)(H,29,33)(H,31,32);(H,6,7)/t20-;/m1./s1. The van der Waals surface area contributed by atoms with Crippen LogP contribution in [-0.4, -0.2) is 75.8 Å². The van der Waals surface area contributed by atoms with Crippen molar-refractivity contribution in [1.29, 1.82) is 0 Å². The van der Waals surface area contributed by atoms with Crippen LogP contribution in [0.25, 0.3) is 10.8 Å². The lowest BCUT2D eigenvalue weighted by atomic mass is 10.1. The van der Waals surface area contributed by atoms with Crippen LogP contribution in [-0.2, 0) is 9.59 Å². The molecule has 0 saturated carbocycles. The Kier molecular flexibility index (Phi) is 10.7. The van der Waals surface area contributed by atoms with Crippen molar-refractivity contribution in [3.8, 4) is 5.75 Å². The summed E-state index contributed by atoms with van der Waals surface area (Å²) in [6.07, 6.45) is -1.36. The van der Waals surface area contributed by atoms with E-state index in [0.29, 0.717) is 22.7 Å². The number of hydrogen-bond acceptors (Lipinski definition) is 7. The van der Waals surface area contributed by atoms with Crippen LogP contribution < -0.4 is 15.8 Å². The highest BCUT2D eigenvalue weighted by Crippen LogP contribution is 2.24. The number of nitrogen functional groups attached to an aromatic ring is 1. The van der Waals surface area contributed by atoms with Gasteiger partial charge in [-0.3, -0.25) is 14.4 Å². The molecule has 0 unspecified atom stereocenters. The van der Waals surface area contributed by atoms with Gasteiger partial charge in [0.1, 0.15) is 18.2 Å². The number of alkyl halides is 3. The Balaban J connectivity index is 0.000000616. The van der Waals surface area contributed by atoms with Gasteiger partial charge < -0.3 is 30.9 Å². The lowest BCUT2D eigenvalue weighted by Gasteiger charge is -2.19. The van der Waals surface area contributed by atoms with E-state index in [1.807, 2.05) is 17.0 Å². The van der Waals surface area contributed by atoms with Crippen LogP contribution >= 0.6 is 0 Å². The van der Waals surface area contributed by atoms with Crippen molar-refractivity contribution in [3.05, 3.63) is 65.9 Å². The third-order valence-corrected chi connectivity index (χ3v) is 6.29. The van der Waals surface area contributed by atoms with Crippen molar-refractivity contribution >= 4 is 40.3 Å². The number of fused-ring (bicyclic) bond motifs is 1. The van der Waals surface area contributed by atoms with Gasteiger partial charge in [-0.25, -0.2) is 9.78 Å². The van der Waals surface area contributed by atoms with Crippen molar-refractivity contribution < 1.29 is 47.3 Å². The van der Waals surface area contributed by atoms with Crippen molar-refractivity contribution in [3.63, 3.8) is 0 Å². The molecule has 3 aromatic rings. The second kappa shape index (κ2) is 14.1. The zero-order valence-electron chi connectivity index (χ0n) is 22.3. The van der Waals surface area contributed by atoms with Crippen LogP contribution in [0.15, 0.2) is 54.7 Å². The highest BCUT2D eigenvalue weighted by Gasteiger charge is 2.38. The number of aliphatic carboxylic acids is 2. The lowest BCUT2D eigenvalue weighted by molar-refractivity contribution is -0.192. The first-order chi connectivity index (χ1) is 19.8. The van der Waals surface area contributed by atoms with E-state index in [1.165, 1.54) is 0 Å². The van der Waals surface area contributed by atoms with E-state index in [1.54, 1.807) is 42.6 Å². The number of hydrogen-bond donors (Lipinski definition) is 4. The largest absolute Gasteiger partial charge is 0.491 e. The van der Waals surface area contributed by atoms with Crippen LogP contribution in [0, 0.1) is 0 Å². The van der Waals surface area contributed by atoms with Gasteiger partial charge in [-0.1, -0.05) is 6.07 Å². The summed E-state index contributed by atoms with van der Waals surface area (Å²) < 4.78 is 37.6. The number of benzene rings is 2. The van der Waals surface area contributed by atoms with Crippen LogP contribution in [0.2, 0.25) is 0 Å². The molecule has 2 amide bonds. The highest BCUT2D eigenvalue weighted by atomic mass is 19.4. The van der Waals surface area contributed by atoms with Gasteiger partial charge in [0, 0.05) is 42.2 Å². The predicted octanol–water partition coefficient (Wildman–Crippen LogP) is 3.73. The zero-order valence-corrected chi connectivity index (χ0v) is 22.3. The number of rotatable bonds is 9. The number of aromatic nitrogens is 1. The van der Waals surface area contributed by atoms with Gasteiger partial charge in [-0.2, -0.15) is 13.2 Å². The topological polar surface area (TPSA) is 172 Å². The first kappa shape index (κ1) is 31.6. The number of pyridine rings is 1. The maximum atomic E-state index is 12.8. The fourth-order valence-electron chi connectivity index (χ4n) is 4.09. The molecule has 2 heterocycles. The summed E-state index contributed by atoms with van der Waals surface area (Å²) >= 11 is 0. The number of ether oxygens (including phenoxy) is 1. The summed E-state index contributed by atoms with van der Waals surface area (Å²) in [4.78, 5) is 51.3. The third-order valence-electron chi connectivity index (χ3n) is 6.29. The summed E-state index contributed by atoms with van der Waals surface area (Å²) in [5.41, 5.74) is 6.87. The van der Waals surface area contributed by atoms with Crippen molar-refractivity contribution in [2.75, 3.05) is 25.4 Å². The Hall–Kier alpha value is -4.88. The smallest absolute Gasteiger partial charge is 0.490 e. The van der Waals surface area contributed by atoms with Gasteiger partial charge in [0.05, 0.1) is 6.04 Å². The Bertz CT molecular complexity index is 1430. The number of halogens is 3. The Morgan fingerprint density at radius 3 is 2.21 bits per heavy atom. The fraction of sp³-hybridized carbons (Fsp3) is 0.321. The number of anilines is 1. The Morgan fingerprint density at radius 1 is 1.00 bits per heavy atom. The monoisotopic (exact) mass is 590 g/mol. The summed E-state index contributed by atoms with van der Waals surface area (Å²) in [6.45, 7) is 1.59. The maximum Gasteiger partial charge on any atom is 0.490 e. The van der Waals surface area contributed by atoms with Gasteiger partial charge >= 0.3 is 18.1 Å². The number of carbonyl (C=O) groups is 4. The molecule has 1 aliphatic rings. The lowest BCUT2D eigenvalue weighted by Crippen LogP contribution is -2.39. The molecule has 0 spiro atoms. The molecule has 1 aromatic heterocycles. The molecular weight excluding hydrogens is 561 g/mol. The van der Waals surface area contributed by atoms with E-state index >= 15 is 0 Å². The highest BCUT2D eigenvalue weighted by molar-refractivity contribution is 5.98. The SMILES string of the molecule is Nc1nccc2ccc(OC[C@@H](CCC(=O)O)NC(=O)c3ccc(C(=O)N4CCCC4)cc3)cc12.O=C(O)C(F)(F)F. The molecule has 5 N–H and O–H groups in total. The number of carboxylic acid groups (broad SMARTS) is 2. The molecule has 0 radical (unpaired) electrons. The van der Waals surface area contributed by atoms with Crippen LogP contribution in [0.5, 0.6) is 5.75 Å². The molecule has 42 heavy (non-hydrogen) atoms. The van der Waals surface area contributed by atoms with Crippen LogP contribution in [0.3, 0.4) is 0 Å². The molecule has 1 saturated heterocycles. The quantitative estimate of drug-likeness (QED) is 0.290. The van der Waals surface area contributed by atoms with E-state index in [4.69, 9.17) is 25.5 Å². The molecule has 11 nitrogen and oxygen atoms in total. The minimum atomic E-state index is -5.08. The second-order valence-corrected chi connectivity index (χ2v) is 9.37. The van der Waals surface area contributed by atoms with E-state index in [0.717, 1.165) is 36.7 Å². The predicted molar refractivity (Wildman–Crippen MR) is 145 cm³/mol. The number of nitrogens with one attached hydrogen (secondary N) is 1. The Labute approximate surface area is 238 Å². The van der Waals surface area contributed by atoms with Crippen molar-refractivity contribution in [2.45, 2.75) is 37.9 Å². The molecule has 1 fully saturated rings. The molecular formula is C28H29F3N4O7. The van der Waals surface area contributed by atoms with Crippen LogP contribution in [0.1, 0.15) is 46.4 Å². The second-order valence-electron chi connectivity index (χ2n) is 9.37.